The van der Waals surface area contributed by atoms with E-state index in [1.54, 1.807) is 0 Å². The van der Waals surface area contributed by atoms with Gasteiger partial charge in [0.15, 0.2) is 11.6 Å². The third kappa shape index (κ3) is 3.43. The summed E-state index contributed by atoms with van der Waals surface area (Å²) in [7, 11) is 0. The lowest BCUT2D eigenvalue weighted by Crippen LogP contribution is -2.11. The van der Waals surface area contributed by atoms with Gasteiger partial charge in [-0.05, 0) is 6.92 Å². The SMILES string of the molecule is CCOCCNc1cc(F)cc(F)c1F. The fourth-order valence-corrected chi connectivity index (χ4v) is 1.09. The van der Waals surface area contributed by atoms with Crippen molar-refractivity contribution in [1.82, 2.24) is 0 Å². The summed E-state index contributed by atoms with van der Waals surface area (Å²) in [5.74, 6) is -3.09. The van der Waals surface area contributed by atoms with E-state index >= 15 is 0 Å². The number of hydrogen-bond donors (Lipinski definition) is 1. The molecule has 5 heteroatoms. The summed E-state index contributed by atoms with van der Waals surface area (Å²) >= 11 is 0. The Morgan fingerprint density at radius 1 is 1.27 bits per heavy atom. The molecule has 1 aromatic carbocycles. The van der Waals surface area contributed by atoms with Gasteiger partial charge >= 0.3 is 0 Å². The van der Waals surface area contributed by atoms with E-state index in [0.717, 1.165) is 6.07 Å². The van der Waals surface area contributed by atoms with Gasteiger partial charge in [0, 0.05) is 25.3 Å². The van der Waals surface area contributed by atoms with Gasteiger partial charge in [-0.25, -0.2) is 13.2 Å². The maximum absolute atomic E-state index is 13.0. The maximum Gasteiger partial charge on any atom is 0.182 e. The van der Waals surface area contributed by atoms with Crippen LogP contribution in [0.15, 0.2) is 12.1 Å². The number of halogens is 3. The minimum absolute atomic E-state index is 0.188. The Labute approximate surface area is 86.1 Å². The van der Waals surface area contributed by atoms with Crippen molar-refractivity contribution in [2.45, 2.75) is 6.92 Å². The molecule has 1 rings (SSSR count). The first-order valence-corrected chi connectivity index (χ1v) is 4.61. The molecule has 0 aliphatic heterocycles. The highest BCUT2D eigenvalue weighted by Gasteiger charge is 2.09. The average molecular weight is 219 g/mol. The van der Waals surface area contributed by atoms with Gasteiger partial charge < -0.3 is 10.1 Å². The van der Waals surface area contributed by atoms with Crippen LogP contribution >= 0.6 is 0 Å². The minimum Gasteiger partial charge on any atom is -0.380 e. The number of benzene rings is 1. The molecule has 0 aliphatic carbocycles. The monoisotopic (exact) mass is 219 g/mol. The molecule has 0 spiro atoms. The van der Waals surface area contributed by atoms with Gasteiger partial charge in [0.25, 0.3) is 0 Å². The molecule has 84 valence electrons. The zero-order valence-corrected chi connectivity index (χ0v) is 8.32. The standard InChI is InChI=1S/C10H12F3NO/c1-2-15-4-3-14-9-6-7(11)5-8(12)10(9)13/h5-6,14H,2-4H2,1H3. The third-order valence-corrected chi connectivity index (χ3v) is 1.76. The summed E-state index contributed by atoms with van der Waals surface area (Å²) < 4.78 is 43.5. The Hall–Kier alpha value is -1.23. The normalized spacial score (nSPS) is 10.4. The predicted molar refractivity (Wildman–Crippen MR) is 51.3 cm³/mol. The van der Waals surface area contributed by atoms with Crippen LogP contribution in [0.3, 0.4) is 0 Å². The fourth-order valence-electron chi connectivity index (χ4n) is 1.09. The van der Waals surface area contributed by atoms with Crippen LogP contribution in [0.2, 0.25) is 0 Å². The summed E-state index contributed by atoms with van der Waals surface area (Å²) in [6.45, 7) is 3.02. The van der Waals surface area contributed by atoms with Gasteiger partial charge in [-0.3, -0.25) is 0 Å². The van der Waals surface area contributed by atoms with E-state index in [-0.39, 0.29) is 5.69 Å². The van der Waals surface area contributed by atoms with Crippen LogP contribution in [0.5, 0.6) is 0 Å². The van der Waals surface area contributed by atoms with Crippen LogP contribution < -0.4 is 5.32 Å². The van der Waals surface area contributed by atoms with Crippen LogP contribution in [-0.4, -0.2) is 19.8 Å². The van der Waals surface area contributed by atoms with Gasteiger partial charge in [-0.2, -0.15) is 0 Å². The zero-order valence-electron chi connectivity index (χ0n) is 8.32. The lowest BCUT2D eigenvalue weighted by atomic mass is 10.3. The number of nitrogens with one attached hydrogen (secondary N) is 1. The molecule has 0 aromatic heterocycles. The summed E-state index contributed by atoms with van der Waals surface area (Å²) in [4.78, 5) is 0. The van der Waals surface area contributed by atoms with Crippen LogP contribution in [0.1, 0.15) is 6.92 Å². The van der Waals surface area contributed by atoms with Crippen molar-refractivity contribution in [3.05, 3.63) is 29.6 Å². The average Bonchev–Trinajstić information content (AvgIpc) is 2.19. The smallest absolute Gasteiger partial charge is 0.182 e. The molecule has 0 amide bonds. The molecular weight excluding hydrogens is 207 g/mol. The first kappa shape index (κ1) is 11.8. The Balaban J connectivity index is 2.60. The van der Waals surface area contributed by atoms with Crippen LogP contribution in [0.25, 0.3) is 0 Å². The van der Waals surface area contributed by atoms with Gasteiger partial charge in [0.2, 0.25) is 0 Å². The number of ether oxygens (including phenoxy) is 1. The van der Waals surface area contributed by atoms with E-state index in [0.29, 0.717) is 25.8 Å². The predicted octanol–water partition coefficient (Wildman–Crippen LogP) is 2.55. The Bertz CT molecular complexity index is 331. The highest BCUT2D eigenvalue weighted by atomic mass is 19.2. The van der Waals surface area contributed by atoms with Crippen molar-refractivity contribution < 1.29 is 17.9 Å². The van der Waals surface area contributed by atoms with Crippen molar-refractivity contribution in [2.24, 2.45) is 0 Å². The molecule has 0 atom stereocenters. The summed E-state index contributed by atoms with van der Waals surface area (Å²) in [6, 6.07) is 1.41. The van der Waals surface area contributed by atoms with E-state index in [4.69, 9.17) is 4.74 Å². The van der Waals surface area contributed by atoms with Gasteiger partial charge in [0.05, 0.1) is 12.3 Å². The highest BCUT2D eigenvalue weighted by Crippen LogP contribution is 2.18. The third-order valence-electron chi connectivity index (χ3n) is 1.76. The summed E-state index contributed by atoms with van der Waals surface area (Å²) in [5.41, 5.74) is -0.188. The van der Waals surface area contributed by atoms with Crippen LogP contribution in [0.4, 0.5) is 18.9 Å². The number of hydrogen-bond acceptors (Lipinski definition) is 2. The van der Waals surface area contributed by atoms with Crippen LogP contribution in [-0.2, 0) is 4.74 Å². The molecule has 0 saturated heterocycles. The van der Waals surface area contributed by atoms with E-state index in [1.165, 1.54) is 0 Å². The zero-order chi connectivity index (χ0) is 11.3. The molecule has 15 heavy (non-hydrogen) atoms. The highest BCUT2D eigenvalue weighted by molar-refractivity contribution is 5.45. The second-order valence-electron chi connectivity index (χ2n) is 2.87. The first-order valence-electron chi connectivity index (χ1n) is 4.61. The Morgan fingerprint density at radius 3 is 2.67 bits per heavy atom. The van der Waals surface area contributed by atoms with Crippen molar-refractivity contribution in [3.63, 3.8) is 0 Å². The lowest BCUT2D eigenvalue weighted by molar-refractivity contribution is 0.158. The lowest BCUT2D eigenvalue weighted by Gasteiger charge is -2.08. The molecule has 0 aliphatic rings. The van der Waals surface area contributed by atoms with Crippen molar-refractivity contribution in [3.8, 4) is 0 Å². The second-order valence-corrected chi connectivity index (χ2v) is 2.87. The van der Waals surface area contributed by atoms with E-state index < -0.39 is 17.5 Å². The largest absolute Gasteiger partial charge is 0.380 e. The Kier molecular flexibility index (Phi) is 4.42. The molecule has 0 heterocycles. The summed E-state index contributed by atoms with van der Waals surface area (Å²) in [5, 5.41) is 2.55. The molecule has 0 saturated carbocycles. The number of rotatable bonds is 5. The van der Waals surface area contributed by atoms with Gasteiger partial charge in [0.1, 0.15) is 5.82 Å². The van der Waals surface area contributed by atoms with Crippen molar-refractivity contribution >= 4 is 5.69 Å². The maximum atomic E-state index is 13.0. The quantitative estimate of drug-likeness (QED) is 0.607. The van der Waals surface area contributed by atoms with E-state index in [1.807, 2.05) is 6.92 Å². The van der Waals surface area contributed by atoms with Crippen molar-refractivity contribution in [2.75, 3.05) is 25.1 Å². The molecule has 0 fully saturated rings. The number of anilines is 1. The molecular formula is C10H12F3NO. The molecule has 0 radical (unpaired) electrons. The van der Waals surface area contributed by atoms with E-state index in [2.05, 4.69) is 5.32 Å². The topological polar surface area (TPSA) is 21.3 Å². The summed E-state index contributed by atoms with van der Waals surface area (Å²) in [6.07, 6.45) is 0. The van der Waals surface area contributed by atoms with Gasteiger partial charge in [-0.15, -0.1) is 0 Å². The van der Waals surface area contributed by atoms with Crippen molar-refractivity contribution in [1.29, 1.82) is 0 Å². The van der Waals surface area contributed by atoms with Crippen LogP contribution in [0, 0.1) is 17.5 Å². The fraction of sp³-hybridized carbons (Fsp3) is 0.400. The minimum atomic E-state index is -1.20. The second kappa shape index (κ2) is 5.60. The molecule has 2 nitrogen and oxygen atoms in total. The molecule has 0 bridgehead atoms. The molecule has 1 aromatic rings. The first-order chi connectivity index (χ1) is 7.15. The van der Waals surface area contributed by atoms with E-state index in [9.17, 15) is 13.2 Å². The molecule has 1 N–H and O–H groups in total. The molecule has 0 unspecified atom stereocenters. The Morgan fingerprint density at radius 2 is 2.00 bits per heavy atom. The van der Waals surface area contributed by atoms with Gasteiger partial charge in [-0.1, -0.05) is 0 Å².